The first kappa shape index (κ1) is 27.5. The molecule has 2 aromatic rings. The lowest BCUT2D eigenvalue weighted by molar-refractivity contribution is -0.120. The van der Waals surface area contributed by atoms with Crippen LogP contribution in [0.25, 0.3) is 11.1 Å². The monoisotopic (exact) mass is 502 g/mol. The molecule has 1 amide bonds. The zero-order chi connectivity index (χ0) is 26.4. The number of allylic oxidation sites excluding steroid dienone is 3. The molecular formula is C29H34F4N2O. The molecule has 194 valence electrons. The molecule has 0 spiro atoms. The summed E-state index contributed by atoms with van der Waals surface area (Å²) in [6, 6.07) is 8.86. The minimum absolute atomic E-state index is 0.0357. The summed E-state index contributed by atoms with van der Waals surface area (Å²) in [6.07, 6.45) is -0.436. The fourth-order valence-electron chi connectivity index (χ4n) is 4.66. The van der Waals surface area contributed by atoms with Gasteiger partial charge in [0, 0.05) is 24.7 Å². The molecular weight excluding hydrogens is 468 g/mol. The fraction of sp³-hybridized carbons (Fsp3) is 0.414. The first-order valence-electron chi connectivity index (χ1n) is 12.4. The van der Waals surface area contributed by atoms with Gasteiger partial charge >= 0.3 is 0 Å². The molecule has 1 aliphatic heterocycles. The van der Waals surface area contributed by atoms with E-state index in [2.05, 4.69) is 17.2 Å². The van der Waals surface area contributed by atoms with Gasteiger partial charge in [0.2, 0.25) is 12.3 Å². The predicted octanol–water partition coefficient (Wildman–Crippen LogP) is 6.81. The smallest absolute Gasteiger partial charge is 0.242 e. The Morgan fingerprint density at radius 1 is 1.17 bits per heavy atom. The van der Waals surface area contributed by atoms with Crippen molar-refractivity contribution in [3.63, 3.8) is 0 Å². The Bertz CT molecular complexity index is 1120. The second kappa shape index (κ2) is 12.2. The van der Waals surface area contributed by atoms with E-state index in [0.717, 1.165) is 29.2 Å². The average Bonchev–Trinajstić information content (AvgIpc) is 3.23. The fourth-order valence-corrected chi connectivity index (χ4v) is 4.66. The van der Waals surface area contributed by atoms with Crippen LogP contribution in [0, 0.1) is 24.5 Å². The van der Waals surface area contributed by atoms with Crippen LogP contribution in [0.15, 0.2) is 48.7 Å². The van der Waals surface area contributed by atoms with Crippen molar-refractivity contribution in [3.05, 3.63) is 82.6 Å². The van der Waals surface area contributed by atoms with E-state index >= 15 is 0 Å². The van der Waals surface area contributed by atoms with Gasteiger partial charge in [-0.05, 0) is 78.0 Å². The Balaban J connectivity index is 2.06. The minimum atomic E-state index is -2.44. The van der Waals surface area contributed by atoms with Crippen LogP contribution in [0.2, 0.25) is 0 Å². The molecule has 3 rings (SSSR count). The van der Waals surface area contributed by atoms with Gasteiger partial charge < -0.3 is 10.6 Å². The van der Waals surface area contributed by atoms with Crippen molar-refractivity contribution in [1.82, 2.24) is 10.6 Å². The van der Waals surface area contributed by atoms with Crippen LogP contribution in [0.5, 0.6) is 0 Å². The van der Waals surface area contributed by atoms with Gasteiger partial charge in [-0.3, -0.25) is 4.79 Å². The molecule has 0 aromatic heterocycles. The summed E-state index contributed by atoms with van der Waals surface area (Å²) in [4.78, 5) is 12.0. The number of halogens is 4. The van der Waals surface area contributed by atoms with Gasteiger partial charge in [0.25, 0.3) is 0 Å². The Morgan fingerprint density at radius 2 is 1.86 bits per heavy atom. The van der Waals surface area contributed by atoms with Gasteiger partial charge in [0.15, 0.2) is 0 Å². The van der Waals surface area contributed by atoms with Gasteiger partial charge in [-0.15, -0.1) is 0 Å². The highest BCUT2D eigenvalue weighted by Crippen LogP contribution is 2.39. The molecule has 36 heavy (non-hydrogen) atoms. The number of carbonyl (C=O) groups is 1. The van der Waals surface area contributed by atoms with E-state index in [-0.39, 0.29) is 24.3 Å². The van der Waals surface area contributed by atoms with Gasteiger partial charge in [0.1, 0.15) is 17.7 Å². The first-order valence-corrected chi connectivity index (χ1v) is 12.4. The van der Waals surface area contributed by atoms with E-state index in [4.69, 9.17) is 0 Å². The van der Waals surface area contributed by atoms with Gasteiger partial charge in [-0.2, -0.15) is 0 Å². The van der Waals surface area contributed by atoms with Crippen molar-refractivity contribution >= 4 is 17.1 Å². The number of alkyl halides is 2. The standard InChI is InChI=1S/C29H34F4N2O/c1-5-17(2)28(21-9-7-20(8-10-21)14-27(32)33)23(24-15-22(30)16-25(31)19(24)4)11-6-18(3)35-26-12-13-34-29(26)36/h7-10,15-17,26-27,35H,3,5-6,11-14H2,1-2,4H3,(H,34,36)/b28-23+. The Morgan fingerprint density at radius 3 is 2.44 bits per heavy atom. The van der Waals surface area contributed by atoms with Crippen molar-refractivity contribution in [2.24, 2.45) is 5.92 Å². The molecule has 1 aliphatic rings. The zero-order valence-corrected chi connectivity index (χ0v) is 21.1. The summed E-state index contributed by atoms with van der Waals surface area (Å²) in [7, 11) is 0. The van der Waals surface area contributed by atoms with E-state index in [9.17, 15) is 22.4 Å². The summed E-state index contributed by atoms with van der Waals surface area (Å²) >= 11 is 0. The third-order valence-corrected chi connectivity index (χ3v) is 6.82. The lowest BCUT2D eigenvalue weighted by atomic mass is 9.82. The minimum Gasteiger partial charge on any atom is -0.377 e. The lowest BCUT2D eigenvalue weighted by Gasteiger charge is -2.24. The van der Waals surface area contributed by atoms with Crippen LogP contribution in [0.1, 0.15) is 61.8 Å². The zero-order valence-electron chi connectivity index (χ0n) is 21.1. The molecule has 1 heterocycles. The maximum atomic E-state index is 14.6. The topological polar surface area (TPSA) is 41.1 Å². The van der Waals surface area contributed by atoms with Crippen molar-refractivity contribution in [1.29, 1.82) is 0 Å². The highest BCUT2D eigenvalue weighted by molar-refractivity contribution is 5.92. The molecule has 2 unspecified atom stereocenters. The summed E-state index contributed by atoms with van der Waals surface area (Å²) in [5.74, 6) is -1.33. The van der Waals surface area contributed by atoms with Gasteiger partial charge in [0.05, 0.1) is 0 Å². The van der Waals surface area contributed by atoms with E-state index in [0.29, 0.717) is 48.2 Å². The Labute approximate surface area is 210 Å². The molecule has 2 aromatic carbocycles. The molecule has 0 bridgehead atoms. The number of nitrogens with one attached hydrogen (secondary N) is 2. The second-order valence-electron chi connectivity index (χ2n) is 9.43. The molecule has 0 radical (unpaired) electrons. The third kappa shape index (κ3) is 6.77. The van der Waals surface area contributed by atoms with Crippen molar-refractivity contribution in [3.8, 4) is 0 Å². The molecule has 0 aliphatic carbocycles. The molecule has 3 nitrogen and oxygen atoms in total. The highest BCUT2D eigenvalue weighted by atomic mass is 19.3. The summed E-state index contributed by atoms with van der Waals surface area (Å²) in [6.45, 7) is 10.4. The van der Waals surface area contributed by atoms with Crippen LogP contribution < -0.4 is 10.6 Å². The van der Waals surface area contributed by atoms with Crippen molar-refractivity contribution in [2.45, 2.75) is 65.3 Å². The maximum absolute atomic E-state index is 14.6. The number of hydrogen-bond donors (Lipinski definition) is 2. The highest BCUT2D eigenvalue weighted by Gasteiger charge is 2.25. The first-order chi connectivity index (χ1) is 17.1. The van der Waals surface area contributed by atoms with E-state index in [1.807, 2.05) is 13.8 Å². The van der Waals surface area contributed by atoms with Crippen molar-refractivity contribution in [2.75, 3.05) is 6.54 Å². The van der Waals surface area contributed by atoms with E-state index in [1.54, 1.807) is 31.2 Å². The quantitative estimate of drug-likeness (QED) is 0.262. The molecule has 1 fully saturated rings. The SMILES string of the molecule is C=C(CC/C(=C(\c1ccc(CC(F)F)cc1)C(C)CC)c1cc(F)cc(F)c1C)NC1CCNC1=O. The lowest BCUT2D eigenvalue weighted by Crippen LogP contribution is -2.35. The summed E-state index contributed by atoms with van der Waals surface area (Å²) in [5.41, 5.74) is 4.54. The van der Waals surface area contributed by atoms with Gasteiger partial charge in [-0.1, -0.05) is 44.7 Å². The van der Waals surface area contributed by atoms with Crippen LogP contribution in [-0.2, 0) is 11.2 Å². The molecule has 1 saturated heterocycles. The molecule has 2 N–H and O–H groups in total. The number of hydrogen-bond acceptors (Lipinski definition) is 2. The summed E-state index contributed by atoms with van der Waals surface area (Å²) < 4.78 is 54.7. The third-order valence-electron chi connectivity index (χ3n) is 6.82. The predicted molar refractivity (Wildman–Crippen MR) is 136 cm³/mol. The van der Waals surface area contributed by atoms with E-state index in [1.165, 1.54) is 6.07 Å². The molecule has 0 saturated carbocycles. The van der Waals surface area contributed by atoms with Crippen LogP contribution in [-0.4, -0.2) is 24.9 Å². The van der Waals surface area contributed by atoms with Crippen LogP contribution in [0.3, 0.4) is 0 Å². The Hall–Kier alpha value is -3.09. The van der Waals surface area contributed by atoms with Gasteiger partial charge in [-0.25, -0.2) is 17.6 Å². The van der Waals surface area contributed by atoms with Crippen LogP contribution >= 0.6 is 0 Å². The van der Waals surface area contributed by atoms with E-state index < -0.39 is 18.1 Å². The molecule has 7 heteroatoms. The van der Waals surface area contributed by atoms with Crippen molar-refractivity contribution < 1.29 is 22.4 Å². The van der Waals surface area contributed by atoms with Crippen LogP contribution in [0.4, 0.5) is 17.6 Å². The number of rotatable bonds is 11. The number of amides is 1. The second-order valence-corrected chi connectivity index (χ2v) is 9.43. The Kier molecular flexibility index (Phi) is 9.35. The normalized spacial score (nSPS) is 17.1. The molecule has 2 atom stereocenters. The number of benzene rings is 2. The maximum Gasteiger partial charge on any atom is 0.242 e. The average molecular weight is 503 g/mol. The summed E-state index contributed by atoms with van der Waals surface area (Å²) in [5, 5.41) is 5.95. The largest absolute Gasteiger partial charge is 0.377 e. The number of carbonyl (C=O) groups excluding carboxylic acids is 1.